The monoisotopic (exact) mass is 303 g/mol. The van der Waals surface area contributed by atoms with Gasteiger partial charge < -0.3 is 15.7 Å². The van der Waals surface area contributed by atoms with E-state index in [-0.39, 0.29) is 25.2 Å². The highest BCUT2D eigenvalue weighted by molar-refractivity contribution is 5.97. The van der Waals surface area contributed by atoms with E-state index in [4.69, 9.17) is 15.7 Å². The molecule has 0 aromatic heterocycles. The Morgan fingerprint density at radius 3 is 2.62 bits per heavy atom. The van der Waals surface area contributed by atoms with E-state index in [1.165, 1.54) is 13.2 Å². The number of nitrogens with zero attached hydrogens (tertiary/aromatic N) is 1. The van der Waals surface area contributed by atoms with Gasteiger partial charge in [0.25, 0.3) is 0 Å². The molecule has 0 heterocycles. The van der Waals surface area contributed by atoms with Gasteiger partial charge in [0, 0.05) is 17.7 Å². The normalized spacial score (nSPS) is 17.6. The van der Waals surface area contributed by atoms with E-state index >= 15 is 0 Å². The van der Waals surface area contributed by atoms with Gasteiger partial charge in [0.2, 0.25) is 0 Å². The van der Waals surface area contributed by atoms with Crippen LogP contribution in [0, 0.1) is 0 Å². The van der Waals surface area contributed by atoms with Crippen molar-refractivity contribution in [3.05, 3.63) is 29.3 Å². The lowest BCUT2D eigenvalue weighted by atomic mass is 10.1. The molecule has 1 aromatic rings. The summed E-state index contributed by atoms with van der Waals surface area (Å²) in [4.78, 5) is 0. The summed E-state index contributed by atoms with van der Waals surface area (Å²) in [6.07, 6.45) is -4.14. The van der Waals surface area contributed by atoms with E-state index in [0.717, 1.165) is 0 Å². The Labute approximate surface area is 119 Å². The third-order valence-electron chi connectivity index (χ3n) is 3.59. The summed E-state index contributed by atoms with van der Waals surface area (Å²) in [5.74, 6) is 0.325. The molecule has 1 aliphatic carbocycles. The molecule has 1 aromatic carbocycles. The Balaban J connectivity index is 2.19. The van der Waals surface area contributed by atoms with Crippen molar-refractivity contribution in [2.75, 3.05) is 7.11 Å². The smallest absolute Gasteiger partial charge is 0.406 e. The first kappa shape index (κ1) is 15.4. The molecule has 1 aliphatic rings. The van der Waals surface area contributed by atoms with Crippen LogP contribution in [0.4, 0.5) is 13.2 Å². The summed E-state index contributed by atoms with van der Waals surface area (Å²) in [6, 6.07) is 4.67. The SMILES string of the molecule is COc1ccc(/C(N)=N/O)cc1CNC1(C(F)(F)F)CC1. The molecule has 116 valence electrons. The molecular formula is C13H16F3N3O2. The Kier molecular flexibility index (Phi) is 3.99. The Bertz CT molecular complexity index is 554. The summed E-state index contributed by atoms with van der Waals surface area (Å²) in [5.41, 5.74) is 4.60. The van der Waals surface area contributed by atoms with Crippen molar-refractivity contribution in [3.63, 3.8) is 0 Å². The molecule has 21 heavy (non-hydrogen) atoms. The number of alkyl halides is 3. The Morgan fingerprint density at radius 2 is 2.14 bits per heavy atom. The molecule has 0 aliphatic heterocycles. The van der Waals surface area contributed by atoms with Crippen LogP contribution in [-0.2, 0) is 6.54 Å². The maximum Gasteiger partial charge on any atom is 0.406 e. The van der Waals surface area contributed by atoms with Gasteiger partial charge in [-0.05, 0) is 31.0 Å². The van der Waals surface area contributed by atoms with Crippen molar-refractivity contribution in [2.24, 2.45) is 10.9 Å². The van der Waals surface area contributed by atoms with Gasteiger partial charge >= 0.3 is 6.18 Å². The third-order valence-corrected chi connectivity index (χ3v) is 3.59. The highest BCUT2D eigenvalue weighted by atomic mass is 19.4. The number of nitrogens with one attached hydrogen (secondary N) is 1. The number of rotatable bonds is 5. The van der Waals surface area contributed by atoms with Crippen LogP contribution >= 0.6 is 0 Å². The number of ether oxygens (including phenoxy) is 1. The maximum atomic E-state index is 12.9. The minimum atomic E-state index is -4.27. The number of hydrogen-bond acceptors (Lipinski definition) is 4. The second-order valence-corrected chi connectivity index (χ2v) is 4.95. The molecule has 1 saturated carbocycles. The lowest BCUT2D eigenvalue weighted by Crippen LogP contribution is -2.44. The third kappa shape index (κ3) is 3.05. The highest BCUT2D eigenvalue weighted by Gasteiger charge is 2.62. The fourth-order valence-corrected chi connectivity index (χ4v) is 2.08. The van der Waals surface area contributed by atoms with Gasteiger partial charge in [0.05, 0.1) is 7.11 Å². The molecule has 0 saturated heterocycles. The standard InChI is InChI=1S/C13H16F3N3O2/c1-21-10-3-2-8(11(17)19-20)6-9(10)7-18-12(4-5-12)13(14,15)16/h2-3,6,18,20H,4-5,7H2,1H3,(H2,17,19). The quantitative estimate of drug-likeness (QED) is 0.336. The molecule has 1 fully saturated rings. The summed E-state index contributed by atoms with van der Waals surface area (Å²) in [7, 11) is 1.43. The van der Waals surface area contributed by atoms with Gasteiger partial charge in [-0.3, -0.25) is 5.32 Å². The van der Waals surface area contributed by atoms with Gasteiger partial charge in [-0.25, -0.2) is 0 Å². The average Bonchev–Trinajstić information content (AvgIpc) is 3.24. The zero-order chi connectivity index (χ0) is 15.7. The zero-order valence-electron chi connectivity index (χ0n) is 11.4. The number of benzene rings is 1. The van der Waals surface area contributed by atoms with Crippen molar-refractivity contribution in [3.8, 4) is 5.75 Å². The summed E-state index contributed by atoms with van der Waals surface area (Å²) in [6.45, 7) is -0.0186. The second kappa shape index (κ2) is 5.44. The molecule has 0 amide bonds. The predicted octanol–water partition coefficient (Wildman–Crippen LogP) is 1.97. The van der Waals surface area contributed by atoms with Crippen LogP contribution in [0.5, 0.6) is 5.75 Å². The van der Waals surface area contributed by atoms with Crippen LogP contribution < -0.4 is 15.8 Å². The Morgan fingerprint density at radius 1 is 1.48 bits per heavy atom. The highest BCUT2D eigenvalue weighted by Crippen LogP contribution is 2.49. The number of amidine groups is 1. The predicted molar refractivity (Wildman–Crippen MR) is 70.4 cm³/mol. The molecular weight excluding hydrogens is 287 g/mol. The van der Waals surface area contributed by atoms with Crippen molar-refractivity contribution < 1.29 is 23.1 Å². The van der Waals surface area contributed by atoms with Crippen LogP contribution in [0.3, 0.4) is 0 Å². The fourth-order valence-electron chi connectivity index (χ4n) is 2.08. The van der Waals surface area contributed by atoms with E-state index in [1.54, 1.807) is 12.1 Å². The summed E-state index contributed by atoms with van der Waals surface area (Å²) in [5, 5.41) is 14.1. The fraction of sp³-hybridized carbons (Fsp3) is 0.462. The van der Waals surface area contributed by atoms with E-state index in [1.807, 2.05) is 0 Å². The van der Waals surface area contributed by atoms with Gasteiger partial charge in [-0.1, -0.05) is 5.16 Å². The van der Waals surface area contributed by atoms with Crippen LogP contribution in [0.25, 0.3) is 0 Å². The number of methoxy groups -OCH3 is 1. The van der Waals surface area contributed by atoms with Gasteiger partial charge in [-0.15, -0.1) is 0 Å². The van der Waals surface area contributed by atoms with Crippen molar-refractivity contribution in [1.82, 2.24) is 5.32 Å². The van der Waals surface area contributed by atoms with E-state index in [9.17, 15) is 13.2 Å². The van der Waals surface area contributed by atoms with E-state index in [2.05, 4.69) is 10.5 Å². The molecule has 0 atom stereocenters. The second-order valence-electron chi connectivity index (χ2n) is 4.95. The molecule has 5 nitrogen and oxygen atoms in total. The van der Waals surface area contributed by atoms with Crippen LogP contribution in [0.1, 0.15) is 24.0 Å². The Hall–Kier alpha value is -1.96. The first-order valence-electron chi connectivity index (χ1n) is 6.29. The summed E-state index contributed by atoms with van der Waals surface area (Å²) >= 11 is 0. The lowest BCUT2D eigenvalue weighted by molar-refractivity contribution is -0.166. The first-order chi connectivity index (χ1) is 9.83. The summed E-state index contributed by atoms with van der Waals surface area (Å²) < 4.78 is 43.8. The molecule has 0 unspecified atom stereocenters. The molecule has 0 bridgehead atoms. The molecule has 0 spiro atoms. The number of halogens is 3. The van der Waals surface area contributed by atoms with Crippen molar-refractivity contribution >= 4 is 5.84 Å². The molecule has 4 N–H and O–H groups in total. The minimum Gasteiger partial charge on any atom is -0.496 e. The minimum absolute atomic E-state index is 0.0186. The van der Waals surface area contributed by atoms with Crippen molar-refractivity contribution in [1.29, 1.82) is 0 Å². The van der Waals surface area contributed by atoms with Crippen LogP contribution in [0.15, 0.2) is 23.4 Å². The topological polar surface area (TPSA) is 79.9 Å². The molecule has 0 radical (unpaired) electrons. The molecule has 2 rings (SSSR count). The van der Waals surface area contributed by atoms with Gasteiger partial charge in [0.1, 0.15) is 11.3 Å². The van der Waals surface area contributed by atoms with Crippen molar-refractivity contribution in [2.45, 2.75) is 31.1 Å². The zero-order valence-corrected chi connectivity index (χ0v) is 11.4. The van der Waals surface area contributed by atoms with E-state index < -0.39 is 11.7 Å². The maximum absolute atomic E-state index is 12.9. The van der Waals surface area contributed by atoms with Crippen LogP contribution in [0.2, 0.25) is 0 Å². The van der Waals surface area contributed by atoms with Crippen LogP contribution in [-0.4, -0.2) is 29.9 Å². The number of oxime groups is 1. The van der Waals surface area contributed by atoms with Gasteiger partial charge in [0.15, 0.2) is 5.84 Å². The number of nitrogens with two attached hydrogens (primary N) is 1. The number of hydrogen-bond donors (Lipinski definition) is 3. The molecule has 8 heteroatoms. The average molecular weight is 303 g/mol. The first-order valence-corrected chi connectivity index (χ1v) is 6.29. The largest absolute Gasteiger partial charge is 0.496 e. The van der Waals surface area contributed by atoms with Gasteiger partial charge in [-0.2, -0.15) is 13.2 Å². The van der Waals surface area contributed by atoms with E-state index in [0.29, 0.717) is 16.9 Å². The lowest BCUT2D eigenvalue weighted by Gasteiger charge is -2.21.